The average molecular weight is 458 g/mol. The zero-order valence-electron chi connectivity index (χ0n) is 16.4. The number of benzene rings is 1. The molecule has 3 heterocycles. The van der Waals surface area contributed by atoms with Crippen LogP contribution < -0.4 is 0 Å². The number of thioether (sulfide) groups is 1. The predicted molar refractivity (Wildman–Crippen MR) is 120 cm³/mol. The van der Waals surface area contributed by atoms with Gasteiger partial charge in [-0.1, -0.05) is 59.6 Å². The molecule has 1 aliphatic rings. The van der Waals surface area contributed by atoms with Crippen LogP contribution in [0.2, 0.25) is 5.02 Å². The lowest BCUT2D eigenvalue weighted by molar-refractivity contribution is 0.380. The Balaban J connectivity index is 1.46. The molecule has 0 saturated heterocycles. The van der Waals surface area contributed by atoms with Gasteiger partial charge in [-0.3, -0.25) is 4.57 Å². The topological polar surface area (TPSA) is 69.6 Å². The molecule has 1 aliphatic carbocycles. The highest BCUT2D eigenvalue weighted by Crippen LogP contribution is 2.41. The lowest BCUT2D eigenvalue weighted by Gasteiger charge is -2.18. The Bertz CT molecular complexity index is 1130. The van der Waals surface area contributed by atoms with Crippen molar-refractivity contribution in [1.29, 1.82) is 0 Å². The molecule has 0 amide bonds. The molecule has 0 radical (unpaired) electrons. The van der Waals surface area contributed by atoms with Gasteiger partial charge in [0.1, 0.15) is 0 Å². The quantitative estimate of drug-likeness (QED) is 0.301. The van der Waals surface area contributed by atoms with Gasteiger partial charge in [-0.25, -0.2) is 0 Å². The van der Waals surface area contributed by atoms with Crippen molar-refractivity contribution in [3.63, 3.8) is 0 Å². The number of hydrogen-bond acceptors (Lipinski definition) is 7. The van der Waals surface area contributed by atoms with Crippen molar-refractivity contribution < 1.29 is 4.52 Å². The fourth-order valence-corrected chi connectivity index (χ4v) is 5.61. The molecule has 0 N–H and O–H groups in total. The summed E-state index contributed by atoms with van der Waals surface area (Å²) in [4.78, 5) is 5.59. The van der Waals surface area contributed by atoms with Crippen LogP contribution in [0, 0.1) is 0 Å². The van der Waals surface area contributed by atoms with E-state index in [0.717, 1.165) is 34.3 Å². The van der Waals surface area contributed by atoms with E-state index in [2.05, 4.69) is 31.8 Å². The molecule has 0 bridgehead atoms. The summed E-state index contributed by atoms with van der Waals surface area (Å²) in [7, 11) is 0. The van der Waals surface area contributed by atoms with Crippen molar-refractivity contribution in [2.24, 2.45) is 0 Å². The molecule has 154 valence electrons. The maximum absolute atomic E-state index is 6.48. The Kier molecular flexibility index (Phi) is 5.62. The van der Waals surface area contributed by atoms with Gasteiger partial charge < -0.3 is 4.52 Å². The summed E-state index contributed by atoms with van der Waals surface area (Å²) in [5.41, 5.74) is 0.913. The van der Waals surface area contributed by atoms with Crippen LogP contribution in [0.15, 0.2) is 51.5 Å². The maximum atomic E-state index is 6.48. The molecule has 1 fully saturated rings. The van der Waals surface area contributed by atoms with Crippen LogP contribution >= 0.6 is 34.7 Å². The van der Waals surface area contributed by atoms with E-state index in [1.54, 1.807) is 23.1 Å². The minimum Gasteiger partial charge on any atom is -0.338 e. The van der Waals surface area contributed by atoms with E-state index in [-0.39, 0.29) is 5.25 Å². The first-order valence-electron chi connectivity index (χ1n) is 9.94. The number of aromatic nitrogens is 5. The fourth-order valence-electron chi connectivity index (χ4n) is 3.79. The molecule has 4 aromatic rings. The van der Waals surface area contributed by atoms with E-state index < -0.39 is 0 Å². The number of hydrogen-bond donors (Lipinski definition) is 0. The van der Waals surface area contributed by atoms with Crippen molar-refractivity contribution in [3.05, 3.63) is 52.7 Å². The van der Waals surface area contributed by atoms with Gasteiger partial charge in [0.05, 0.1) is 15.1 Å². The molecule has 6 nitrogen and oxygen atoms in total. The normalized spacial score (nSPS) is 15.7. The Labute approximate surface area is 187 Å². The third kappa shape index (κ3) is 3.79. The van der Waals surface area contributed by atoms with Crippen molar-refractivity contribution in [1.82, 2.24) is 24.9 Å². The number of halogens is 1. The standard InChI is InChI=1S/C21H20ClN5OS2/c1-13(20-23-18(26-28-20)17-11-6-12-29-17)30-21-25-24-19(15-9-4-5-10-16(15)22)27(21)14-7-2-3-8-14/h4-6,9-14H,2-3,7-8H2,1H3/t13-/m1/s1. The van der Waals surface area contributed by atoms with Gasteiger partial charge >= 0.3 is 0 Å². The summed E-state index contributed by atoms with van der Waals surface area (Å²) in [5.74, 6) is 2.04. The summed E-state index contributed by atoms with van der Waals surface area (Å²) in [6.07, 6.45) is 4.69. The minimum atomic E-state index is -0.0466. The van der Waals surface area contributed by atoms with Gasteiger partial charge in [-0.05, 0) is 43.3 Å². The van der Waals surface area contributed by atoms with Crippen LogP contribution in [0.5, 0.6) is 0 Å². The first kappa shape index (κ1) is 19.8. The fraction of sp³-hybridized carbons (Fsp3) is 0.333. The Morgan fingerprint density at radius 3 is 2.77 bits per heavy atom. The number of rotatable bonds is 6. The van der Waals surface area contributed by atoms with Gasteiger partial charge in [0, 0.05) is 11.6 Å². The van der Waals surface area contributed by atoms with E-state index in [1.165, 1.54) is 12.8 Å². The second kappa shape index (κ2) is 8.53. The summed E-state index contributed by atoms with van der Waals surface area (Å²) in [6, 6.07) is 12.2. The van der Waals surface area contributed by atoms with E-state index in [0.29, 0.717) is 22.8 Å². The molecule has 0 unspecified atom stereocenters. The first-order valence-corrected chi connectivity index (χ1v) is 12.1. The molecular formula is C21H20ClN5OS2. The lowest BCUT2D eigenvalue weighted by atomic mass is 10.2. The third-order valence-corrected chi connectivity index (χ3v) is 7.52. The summed E-state index contributed by atoms with van der Waals surface area (Å²) in [6.45, 7) is 2.05. The monoisotopic (exact) mass is 457 g/mol. The molecule has 30 heavy (non-hydrogen) atoms. The minimum absolute atomic E-state index is 0.0466. The molecule has 9 heteroatoms. The van der Waals surface area contributed by atoms with Crippen LogP contribution in [0.1, 0.15) is 49.8 Å². The maximum Gasteiger partial charge on any atom is 0.240 e. The lowest BCUT2D eigenvalue weighted by Crippen LogP contribution is -2.09. The molecule has 1 saturated carbocycles. The third-order valence-electron chi connectivity index (χ3n) is 5.28. The van der Waals surface area contributed by atoms with Crippen LogP contribution in [0.25, 0.3) is 22.1 Å². The largest absolute Gasteiger partial charge is 0.338 e. The molecule has 1 atom stereocenters. The predicted octanol–water partition coefficient (Wildman–Crippen LogP) is 6.68. The van der Waals surface area contributed by atoms with Crippen LogP contribution in [-0.2, 0) is 0 Å². The van der Waals surface area contributed by atoms with Crippen molar-refractivity contribution in [3.8, 4) is 22.1 Å². The average Bonchev–Trinajstić information content (AvgIpc) is 3.55. The van der Waals surface area contributed by atoms with E-state index in [4.69, 9.17) is 16.1 Å². The molecule has 1 aromatic carbocycles. The van der Waals surface area contributed by atoms with Crippen molar-refractivity contribution in [2.45, 2.75) is 49.1 Å². The van der Waals surface area contributed by atoms with Gasteiger partial charge in [0.25, 0.3) is 0 Å². The van der Waals surface area contributed by atoms with E-state index >= 15 is 0 Å². The summed E-state index contributed by atoms with van der Waals surface area (Å²) < 4.78 is 7.80. The summed E-state index contributed by atoms with van der Waals surface area (Å²) in [5, 5.41) is 16.7. The highest BCUT2D eigenvalue weighted by atomic mass is 35.5. The Hall–Kier alpha value is -2.16. The highest BCUT2D eigenvalue weighted by molar-refractivity contribution is 7.99. The van der Waals surface area contributed by atoms with Gasteiger partial charge in [0.2, 0.25) is 11.7 Å². The second-order valence-corrected chi connectivity index (χ2v) is 9.95. The zero-order chi connectivity index (χ0) is 20.5. The smallest absolute Gasteiger partial charge is 0.240 e. The second-order valence-electron chi connectivity index (χ2n) is 7.29. The SMILES string of the molecule is C[C@@H](Sc1nnc(-c2ccccc2Cl)n1C1CCCC1)c1nc(-c2cccs2)no1. The molecule has 0 aliphatic heterocycles. The van der Waals surface area contributed by atoms with Crippen LogP contribution in [-0.4, -0.2) is 24.9 Å². The molecule has 3 aromatic heterocycles. The molecule has 5 rings (SSSR count). The first-order chi connectivity index (χ1) is 14.7. The van der Waals surface area contributed by atoms with Crippen LogP contribution in [0.3, 0.4) is 0 Å². The molecular weight excluding hydrogens is 438 g/mol. The van der Waals surface area contributed by atoms with Crippen LogP contribution in [0.4, 0.5) is 0 Å². The highest BCUT2D eigenvalue weighted by Gasteiger charge is 2.28. The van der Waals surface area contributed by atoms with Crippen molar-refractivity contribution >= 4 is 34.7 Å². The molecule has 0 spiro atoms. The van der Waals surface area contributed by atoms with E-state index in [9.17, 15) is 0 Å². The van der Waals surface area contributed by atoms with Gasteiger partial charge in [-0.15, -0.1) is 21.5 Å². The number of nitrogens with zero attached hydrogens (tertiary/aromatic N) is 5. The number of thiophene rings is 1. The van der Waals surface area contributed by atoms with E-state index in [1.807, 2.05) is 41.8 Å². The van der Waals surface area contributed by atoms with Gasteiger partial charge in [0.15, 0.2) is 11.0 Å². The van der Waals surface area contributed by atoms with Gasteiger partial charge in [-0.2, -0.15) is 4.98 Å². The summed E-state index contributed by atoms with van der Waals surface area (Å²) >= 11 is 9.67. The Morgan fingerprint density at radius 1 is 1.17 bits per heavy atom. The Morgan fingerprint density at radius 2 is 2.00 bits per heavy atom. The zero-order valence-corrected chi connectivity index (χ0v) is 18.8. The van der Waals surface area contributed by atoms with Crippen molar-refractivity contribution in [2.75, 3.05) is 0 Å².